The van der Waals surface area contributed by atoms with Gasteiger partial charge in [0, 0.05) is 20.1 Å². The molecular formula is C12H20N2O3. The molecule has 3 aliphatic rings. The second-order valence-corrected chi connectivity index (χ2v) is 5.23. The minimum Gasteiger partial charge on any atom is -0.378 e. The van der Waals surface area contributed by atoms with E-state index in [4.69, 9.17) is 9.47 Å². The Labute approximate surface area is 102 Å². The Morgan fingerprint density at radius 3 is 2.71 bits per heavy atom. The molecule has 1 amide bonds. The Morgan fingerprint density at radius 1 is 1.24 bits per heavy atom. The number of carbonyl (C=O) groups is 1. The van der Waals surface area contributed by atoms with Gasteiger partial charge in [-0.2, -0.15) is 0 Å². The van der Waals surface area contributed by atoms with Crippen LogP contribution in [0.15, 0.2) is 0 Å². The van der Waals surface area contributed by atoms with Crippen LogP contribution in [0.1, 0.15) is 12.8 Å². The molecule has 0 unspecified atom stereocenters. The summed E-state index contributed by atoms with van der Waals surface area (Å²) in [7, 11) is 1.91. The molecular weight excluding hydrogens is 220 g/mol. The van der Waals surface area contributed by atoms with Crippen molar-refractivity contribution in [1.29, 1.82) is 0 Å². The first-order valence-electron chi connectivity index (χ1n) is 6.45. The maximum absolute atomic E-state index is 11.6. The lowest BCUT2D eigenvalue weighted by Crippen LogP contribution is -2.52. The number of hydrogen-bond acceptors (Lipinski definition) is 4. The highest BCUT2D eigenvalue weighted by atomic mass is 16.5. The van der Waals surface area contributed by atoms with Gasteiger partial charge in [-0.05, 0) is 12.8 Å². The van der Waals surface area contributed by atoms with Gasteiger partial charge in [0.15, 0.2) is 0 Å². The summed E-state index contributed by atoms with van der Waals surface area (Å²) < 4.78 is 10.9. The summed E-state index contributed by atoms with van der Waals surface area (Å²) in [5.74, 6) is 0.117. The van der Waals surface area contributed by atoms with Gasteiger partial charge in [0.25, 0.3) is 0 Å². The molecule has 0 N–H and O–H groups in total. The molecule has 96 valence electrons. The average Bonchev–Trinajstić information content (AvgIpc) is 2.45. The van der Waals surface area contributed by atoms with Crippen LogP contribution < -0.4 is 0 Å². The first-order valence-corrected chi connectivity index (χ1v) is 6.45. The van der Waals surface area contributed by atoms with Crippen molar-refractivity contribution in [2.45, 2.75) is 31.0 Å². The third-order valence-electron chi connectivity index (χ3n) is 4.29. The zero-order valence-electron chi connectivity index (χ0n) is 10.3. The summed E-state index contributed by atoms with van der Waals surface area (Å²) in [6, 6.07) is 0.860. The van der Waals surface area contributed by atoms with Gasteiger partial charge >= 0.3 is 0 Å². The highest BCUT2D eigenvalue weighted by molar-refractivity contribution is 5.78. The van der Waals surface area contributed by atoms with E-state index in [9.17, 15) is 4.79 Å². The largest absolute Gasteiger partial charge is 0.378 e. The number of ether oxygens (including phenoxy) is 2. The number of carbonyl (C=O) groups excluding carboxylic acids is 1. The molecule has 0 bridgehead atoms. The predicted octanol–water partition coefficient (Wildman–Crippen LogP) is -0.293. The van der Waals surface area contributed by atoms with Gasteiger partial charge in [0.05, 0.1) is 31.4 Å². The SMILES string of the molecule is CN1C(=O)CO[C@H]2CCN(C3COC3)CC[C@@H]21. The zero-order chi connectivity index (χ0) is 11.8. The predicted molar refractivity (Wildman–Crippen MR) is 61.7 cm³/mol. The quantitative estimate of drug-likeness (QED) is 0.631. The van der Waals surface area contributed by atoms with Gasteiger partial charge in [-0.15, -0.1) is 0 Å². The monoisotopic (exact) mass is 240 g/mol. The second kappa shape index (κ2) is 4.55. The Morgan fingerprint density at radius 2 is 2.00 bits per heavy atom. The molecule has 0 radical (unpaired) electrons. The highest BCUT2D eigenvalue weighted by Gasteiger charge is 2.38. The van der Waals surface area contributed by atoms with Crippen LogP contribution >= 0.6 is 0 Å². The smallest absolute Gasteiger partial charge is 0.248 e. The average molecular weight is 240 g/mol. The standard InChI is InChI=1S/C12H20N2O3/c1-13-10-2-4-14(9-6-16-7-9)5-3-11(10)17-8-12(13)15/h9-11H,2-8H2,1H3/t10-,11-/m0/s1. The van der Waals surface area contributed by atoms with E-state index >= 15 is 0 Å². The van der Waals surface area contributed by atoms with Gasteiger partial charge in [0.2, 0.25) is 5.91 Å². The fourth-order valence-corrected chi connectivity index (χ4v) is 2.98. The van der Waals surface area contributed by atoms with Gasteiger partial charge in [-0.1, -0.05) is 0 Å². The van der Waals surface area contributed by atoms with Crippen molar-refractivity contribution in [2.75, 3.05) is 40.0 Å². The fraction of sp³-hybridized carbons (Fsp3) is 0.917. The normalized spacial score (nSPS) is 36.3. The minimum atomic E-state index is 0.117. The molecule has 2 atom stereocenters. The van der Waals surface area contributed by atoms with Crippen LogP contribution in [-0.2, 0) is 14.3 Å². The molecule has 0 aromatic carbocycles. The maximum atomic E-state index is 11.6. The third-order valence-corrected chi connectivity index (χ3v) is 4.29. The van der Waals surface area contributed by atoms with E-state index in [-0.39, 0.29) is 24.7 Å². The first kappa shape index (κ1) is 11.4. The molecule has 0 saturated carbocycles. The summed E-state index contributed by atoms with van der Waals surface area (Å²) in [4.78, 5) is 16.0. The Hall–Kier alpha value is -0.650. The second-order valence-electron chi connectivity index (χ2n) is 5.23. The van der Waals surface area contributed by atoms with Crippen molar-refractivity contribution >= 4 is 5.91 Å². The summed E-state index contributed by atoms with van der Waals surface area (Å²) in [5, 5.41) is 0. The topological polar surface area (TPSA) is 42.0 Å². The van der Waals surface area contributed by atoms with Crippen molar-refractivity contribution in [3.05, 3.63) is 0 Å². The molecule has 5 heteroatoms. The van der Waals surface area contributed by atoms with Crippen LogP contribution in [0, 0.1) is 0 Å². The van der Waals surface area contributed by atoms with E-state index in [0.717, 1.165) is 39.1 Å². The number of hydrogen-bond donors (Lipinski definition) is 0. The summed E-state index contributed by atoms with van der Waals surface area (Å²) in [6.45, 7) is 4.10. The van der Waals surface area contributed by atoms with Crippen LogP contribution in [0.2, 0.25) is 0 Å². The number of amides is 1. The Bertz CT molecular complexity index is 306. The van der Waals surface area contributed by atoms with Crippen LogP contribution in [0.25, 0.3) is 0 Å². The zero-order valence-corrected chi connectivity index (χ0v) is 10.3. The Balaban J connectivity index is 1.65. The summed E-state index contributed by atoms with van der Waals surface area (Å²) in [6.07, 6.45) is 2.27. The van der Waals surface area contributed by atoms with Gasteiger partial charge < -0.3 is 14.4 Å². The molecule has 5 nitrogen and oxygen atoms in total. The van der Waals surface area contributed by atoms with Crippen LogP contribution in [0.3, 0.4) is 0 Å². The molecule has 3 heterocycles. The molecule has 0 aromatic heterocycles. The van der Waals surface area contributed by atoms with E-state index in [1.165, 1.54) is 0 Å². The van der Waals surface area contributed by atoms with E-state index in [1.807, 2.05) is 11.9 Å². The van der Waals surface area contributed by atoms with Crippen molar-refractivity contribution in [3.8, 4) is 0 Å². The van der Waals surface area contributed by atoms with Crippen molar-refractivity contribution in [3.63, 3.8) is 0 Å². The van der Waals surface area contributed by atoms with E-state index in [1.54, 1.807) is 0 Å². The van der Waals surface area contributed by atoms with Crippen LogP contribution in [-0.4, -0.2) is 73.9 Å². The summed E-state index contributed by atoms with van der Waals surface area (Å²) in [5.41, 5.74) is 0. The van der Waals surface area contributed by atoms with E-state index < -0.39 is 0 Å². The van der Waals surface area contributed by atoms with Crippen molar-refractivity contribution < 1.29 is 14.3 Å². The van der Waals surface area contributed by atoms with Crippen LogP contribution in [0.4, 0.5) is 0 Å². The number of likely N-dealkylation sites (N-methyl/N-ethyl adjacent to an activating group) is 1. The fourth-order valence-electron chi connectivity index (χ4n) is 2.98. The van der Waals surface area contributed by atoms with Crippen molar-refractivity contribution in [1.82, 2.24) is 9.80 Å². The van der Waals surface area contributed by atoms with Gasteiger partial charge in [-0.3, -0.25) is 9.69 Å². The number of rotatable bonds is 1. The lowest BCUT2D eigenvalue weighted by Gasteiger charge is -2.37. The van der Waals surface area contributed by atoms with E-state index in [2.05, 4.69) is 4.90 Å². The molecule has 0 aliphatic carbocycles. The molecule has 3 aliphatic heterocycles. The third kappa shape index (κ3) is 2.07. The minimum absolute atomic E-state index is 0.117. The molecule has 0 spiro atoms. The van der Waals surface area contributed by atoms with E-state index in [0.29, 0.717) is 6.04 Å². The lowest BCUT2D eigenvalue weighted by molar-refractivity contribution is -0.154. The highest BCUT2D eigenvalue weighted by Crippen LogP contribution is 2.25. The van der Waals surface area contributed by atoms with Gasteiger partial charge in [0.1, 0.15) is 6.61 Å². The number of morpholine rings is 1. The van der Waals surface area contributed by atoms with Crippen LogP contribution in [0.5, 0.6) is 0 Å². The van der Waals surface area contributed by atoms with Gasteiger partial charge in [-0.25, -0.2) is 0 Å². The number of likely N-dealkylation sites (tertiary alicyclic amines) is 1. The molecule has 3 rings (SSSR count). The molecule has 0 aromatic rings. The summed E-state index contributed by atoms with van der Waals surface area (Å²) >= 11 is 0. The Kier molecular flexibility index (Phi) is 3.06. The molecule has 3 saturated heterocycles. The molecule has 17 heavy (non-hydrogen) atoms. The van der Waals surface area contributed by atoms with Crippen molar-refractivity contribution in [2.24, 2.45) is 0 Å². The number of nitrogens with zero attached hydrogens (tertiary/aromatic N) is 2. The molecule has 3 fully saturated rings. The first-order chi connectivity index (χ1) is 8.25. The maximum Gasteiger partial charge on any atom is 0.248 e. The lowest BCUT2D eigenvalue weighted by atomic mass is 10.0. The number of fused-ring (bicyclic) bond motifs is 1.